The van der Waals surface area contributed by atoms with Crippen molar-refractivity contribution in [3.8, 4) is 22.8 Å². The summed E-state index contributed by atoms with van der Waals surface area (Å²) in [4.78, 5) is 2.37. The van der Waals surface area contributed by atoms with Crippen molar-refractivity contribution >= 4 is 40.5 Å². The molecule has 0 fully saturated rings. The predicted molar refractivity (Wildman–Crippen MR) is 119 cm³/mol. The van der Waals surface area contributed by atoms with Gasteiger partial charge in [-0.15, -0.1) is 0 Å². The molecule has 3 aromatic rings. The maximum absolute atomic E-state index is 10.6. The van der Waals surface area contributed by atoms with Crippen LogP contribution in [0.15, 0.2) is 24.3 Å². The molecule has 0 unspecified atom stereocenters. The van der Waals surface area contributed by atoms with E-state index >= 15 is 0 Å². The Kier molecular flexibility index (Phi) is 5.69. The van der Waals surface area contributed by atoms with Crippen molar-refractivity contribution < 1.29 is 10.2 Å². The van der Waals surface area contributed by atoms with E-state index in [4.69, 9.17) is 10.8 Å². The van der Waals surface area contributed by atoms with Crippen LogP contribution in [-0.2, 0) is 6.54 Å². The fourth-order valence-electron chi connectivity index (χ4n) is 3.83. The molecule has 1 aliphatic heterocycles. The summed E-state index contributed by atoms with van der Waals surface area (Å²) < 4.78 is 4.20. The average molecular weight is 460 g/mol. The van der Waals surface area contributed by atoms with E-state index in [0.717, 1.165) is 58.5 Å². The first-order chi connectivity index (χ1) is 14.1. The van der Waals surface area contributed by atoms with Crippen LogP contribution in [0.1, 0.15) is 13.8 Å². The molecule has 2 aromatic carbocycles. The van der Waals surface area contributed by atoms with Crippen LogP contribution in [0.25, 0.3) is 22.2 Å². The topological polar surface area (TPSA) is 99.6 Å². The number of nitrogens with zero attached hydrogens (tertiary/aromatic N) is 3. The number of hydrogen-bond donors (Lipinski definition) is 4. The van der Waals surface area contributed by atoms with Gasteiger partial charge in [-0.25, -0.2) is 0 Å². The number of benzene rings is 2. The third-order valence-corrected chi connectivity index (χ3v) is 7.82. The van der Waals surface area contributed by atoms with Crippen LogP contribution in [0, 0.1) is 0 Å². The van der Waals surface area contributed by atoms with Crippen molar-refractivity contribution in [3.63, 3.8) is 0 Å². The van der Waals surface area contributed by atoms with Gasteiger partial charge in [-0.3, -0.25) is 0 Å². The van der Waals surface area contributed by atoms with E-state index in [1.54, 1.807) is 6.07 Å². The van der Waals surface area contributed by atoms with Crippen LogP contribution < -0.4 is 20.0 Å². The molecule has 0 bridgehead atoms. The number of nitrogens with two attached hydrogens (primary N) is 1. The van der Waals surface area contributed by atoms with E-state index in [-0.39, 0.29) is 26.5 Å². The maximum atomic E-state index is 10.6. The van der Waals surface area contributed by atoms with Gasteiger partial charge in [0.2, 0.25) is 0 Å². The van der Waals surface area contributed by atoms with Gasteiger partial charge in [0.15, 0.2) is 0 Å². The predicted octanol–water partition coefficient (Wildman–Crippen LogP) is 0.795. The molecule has 0 atom stereocenters. The Labute approximate surface area is 176 Å². The third kappa shape index (κ3) is 3.57. The van der Waals surface area contributed by atoms with Crippen molar-refractivity contribution in [2.75, 3.05) is 38.0 Å². The van der Waals surface area contributed by atoms with Crippen LogP contribution in [0.5, 0.6) is 11.5 Å². The van der Waals surface area contributed by atoms with Crippen molar-refractivity contribution in [2.24, 2.45) is 5.73 Å². The number of phenols is 2. The molecule has 154 valence electrons. The van der Waals surface area contributed by atoms with Crippen LogP contribution in [-0.4, -0.2) is 72.6 Å². The van der Waals surface area contributed by atoms with E-state index < -0.39 is 0 Å². The minimum atomic E-state index is -0.0677. The average Bonchev–Trinajstić information content (AvgIpc) is 3.07. The van der Waals surface area contributed by atoms with Gasteiger partial charge >= 0.3 is 177 Å². The van der Waals surface area contributed by atoms with Crippen LogP contribution >= 0.6 is 0 Å². The number of likely N-dealkylation sites (N-methyl/N-ethyl adjacent to an activating group) is 1. The summed E-state index contributed by atoms with van der Waals surface area (Å²) in [5, 5.41) is 30.0. The molecule has 0 saturated heterocycles. The first-order valence-electron chi connectivity index (χ1n) is 10.0. The fraction of sp³-hybridized carbons (Fsp3) is 0.381. The fourth-order valence-corrected chi connectivity index (χ4v) is 6.47. The number of hydrogen-bond acceptors (Lipinski definition) is 6. The van der Waals surface area contributed by atoms with Gasteiger partial charge < -0.3 is 0 Å². The summed E-state index contributed by atoms with van der Waals surface area (Å²) in [6.07, 6.45) is 0. The number of aromatic nitrogens is 2. The van der Waals surface area contributed by atoms with Crippen LogP contribution in [0.2, 0.25) is 0 Å². The Morgan fingerprint density at radius 2 is 2.00 bits per heavy atom. The van der Waals surface area contributed by atoms with Gasteiger partial charge in [0.1, 0.15) is 0 Å². The van der Waals surface area contributed by atoms with Gasteiger partial charge in [0, 0.05) is 0 Å². The summed E-state index contributed by atoms with van der Waals surface area (Å²) in [5.74, 6) is 0.166. The quantitative estimate of drug-likeness (QED) is 0.290. The first-order valence-corrected chi connectivity index (χ1v) is 11.7. The molecule has 7 nitrogen and oxygen atoms in total. The Morgan fingerprint density at radius 1 is 1.21 bits per heavy atom. The molecule has 1 aromatic heterocycles. The van der Waals surface area contributed by atoms with Gasteiger partial charge in [-0.05, 0) is 0 Å². The Hall–Kier alpha value is -2.25. The number of fused-ring (bicyclic) bond motifs is 2. The second kappa shape index (κ2) is 8.24. The zero-order chi connectivity index (χ0) is 20.5. The molecule has 0 spiro atoms. The molecule has 8 heteroatoms. The van der Waals surface area contributed by atoms with Crippen molar-refractivity contribution in [1.82, 2.24) is 14.7 Å². The first kappa shape index (κ1) is 20.0. The summed E-state index contributed by atoms with van der Waals surface area (Å²) in [5.41, 5.74) is 9.38. The van der Waals surface area contributed by atoms with Crippen LogP contribution in [0.4, 0.5) is 5.69 Å². The summed E-state index contributed by atoms with van der Waals surface area (Å²) in [7, 11) is 0. The van der Waals surface area contributed by atoms with E-state index in [1.165, 1.54) is 10.5 Å². The zero-order valence-electron chi connectivity index (χ0n) is 16.8. The van der Waals surface area contributed by atoms with E-state index in [2.05, 4.69) is 40.9 Å². The number of phenolic OH excluding ortho intramolecular Hbond substituents is 2. The molecular formula is C21H27N5O2Se. The van der Waals surface area contributed by atoms with E-state index in [9.17, 15) is 10.2 Å². The number of aromatic hydroxyl groups is 2. The molecule has 0 amide bonds. The van der Waals surface area contributed by atoms with Gasteiger partial charge in [0.25, 0.3) is 0 Å². The monoisotopic (exact) mass is 461 g/mol. The van der Waals surface area contributed by atoms with Gasteiger partial charge in [-0.2, -0.15) is 0 Å². The summed E-state index contributed by atoms with van der Waals surface area (Å²) in [6, 6.07) is 7.35. The Morgan fingerprint density at radius 3 is 2.72 bits per heavy atom. The molecule has 0 aliphatic carbocycles. The number of anilines is 1. The summed E-state index contributed by atoms with van der Waals surface area (Å²) in [6.45, 7) is 9.30. The Bertz CT molecular complexity index is 1050. The number of nitrogens with one attached hydrogen (secondary N) is 1. The molecule has 0 radical (unpaired) electrons. The van der Waals surface area contributed by atoms with Crippen molar-refractivity contribution in [3.05, 3.63) is 24.3 Å². The van der Waals surface area contributed by atoms with Crippen molar-refractivity contribution in [1.29, 1.82) is 0 Å². The second-order valence-electron chi connectivity index (χ2n) is 7.09. The molecule has 0 saturated carbocycles. The van der Waals surface area contributed by atoms with Gasteiger partial charge in [0.05, 0.1) is 0 Å². The van der Waals surface area contributed by atoms with Gasteiger partial charge in [-0.1, -0.05) is 0 Å². The SMILES string of the molecule is CCN(CC)CCn1nc2c3c(c(NCCN)ccc31)[Se]c1cc(O)cc(O)c1-2. The molecule has 2 heterocycles. The summed E-state index contributed by atoms with van der Waals surface area (Å²) >= 11 is -0.0677. The number of rotatable bonds is 8. The molecular weight excluding hydrogens is 433 g/mol. The van der Waals surface area contributed by atoms with E-state index in [0.29, 0.717) is 13.1 Å². The molecule has 4 rings (SSSR count). The third-order valence-electron chi connectivity index (χ3n) is 5.37. The standard InChI is InChI=1S/C21H27N5O2Se/c1-3-25(4-2)9-10-26-15-6-5-14(23-8-7-22)21-18(15)20(24-26)19-16(28)11-13(27)12-17(19)29-21/h5-6,11-12,23,27-28H,3-4,7-10,22H2,1-2H3. The normalized spacial score (nSPS) is 12.6. The second-order valence-corrected chi connectivity index (χ2v) is 9.30. The van der Waals surface area contributed by atoms with Crippen molar-refractivity contribution in [2.45, 2.75) is 20.4 Å². The Balaban J connectivity index is 1.87. The molecule has 29 heavy (non-hydrogen) atoms. The molecule has 5 N–H and O–H groups in total. The zero-order valence-corrected chi connectivity index (χ0v) is 18.5. The van der Waals surface area contributed by atoms with Crippen LogP contribution in [0.3, 0.4) is 0 Å². The molecule has 1 aliphatic rings. The minimum absolute atomic E-state index is 0.0677. The van der Waals surface area contributed by atoms with E-state index in [1.807, 2.05) is 0 Å².